The van der Waals surface area contributed by atoms with Crippen LogP contribution in [0.1, 0.15) is 71.6 Å². The molecule has 192 valence electrons. The Morgan fingerprint density at radius 3 is 2.56 bits per heavy atom. The van der Waals surface area contributed by atoms with E-state index < -0.39 is 17.2 Å². The highest BCUT2D eigenvalue weighted by atomic mass is 32.2. The summed E-state index contributed by atoms with van der Waals surface area (Å²) in [6.45, 7) is 2.35. The highest BCUT2D eigenvalue weighted by Crippen LogP contribution is 2.44. The lowest BCUT2D eigenvalue weighted by atomic mass is 10.0. The van der Waals surface area contributed by atoms with Gasteiger partial charge in [0.2, 0.25) is 5.71 Å². The van der Waals surface area contributed by atoms with Crippen molar-refractivity contribution in [3.8, 4) is 11.3 Å². The summed E-state index contributed by atoms with van der Waals surface area (Å²) in [6, 6.07) is 9.62. The van der Waals surface area contributed by atoms with Crippen LogP contribution in [0.4, 0.5) is 0 Å². The number of carboxylic acid groups (broad SMARTS) is 1. The van der Waals surface area contributed by atoms with E-state index in [2.05, 4.69) is 5.32 Å². The van der Waals surface area contributed by atoms with Gasteiger partial charge in [-0.3, -0.25) is 13.8 Å². The molecule has 1 aliphatic carbocycles. The van der Waals surface area contributed by atoms with E-state index in [0.717, 1.165) is 29.5 Å². The van der Waals surface area contributed by atoms with E-state index in [1.807, 2.05) is 37.3 Å². The van der Waals surface area contributed by atoms with Crippen LogP contribution in [0, 0.1) is 6.92 Å². The third-order valence-electron chi connectivity index (χ3n) is 6.42. The molecule has 0 aliphatic heterocycles. The number of hydrogen-bond donors (Lipinski definition) is 2. The molecule has 1 amide bonds. The van der Waals surface area contributed by atoms with Gasteiger partial charge in [0, 0.05) is 36.8 Å². The van der Waals surface area contributed by atoms with Crippen LogP contribution in [-0.2, 0) is 22.6 Å². The van der Waals surface area contributed by atoms with Gasteiger partial charge in [-0.2, -0.15) is 0 Å². The summed E-state index contributed by atoms with van der Waals surface area (Å²) in [5.41, 5.74) is 4.11. The van der Waals surface area contributed by atoms with E-state index >= 15 is 0 Å². The van der Waals surface area contributed by atoms with Crippen molar-refractivity contribution < 1.29 is 27.9 Å². The molecule has 9 nitrogen and oxygen atoms in total. The van der Waals surface area contributed by atoms with E-state index in [-0.39, 0.29) is 31.3 Å². The van der Waals surface area contributed by atoms with Crippen molar-refractivity contribution in [2.45, 2.75) is 57.9 Å². The molecule has 2 aromatic heterocycles. The average Bonchev–Trinajstić information content (AvgIpc) is 3.62. The fourth-order valence-corrected chi connectivity index (χ4v) is 4.83. The average molecular weight is 513 g/mol. The van der Waals surface area contributed by atoms with Crippen molar-refractivity contribution >= 4 is 34.2 Å². The number of amides is 1. The van der Waals surface area contributed by atoms with Gasteiger partial charge in [0.1, 0.15) is 5.76 Å². The Hall–Kier alpha value is -3.08. The number of nitrogens with one attached hydrogen (secondary N) is 1. The maximum absolute atomic E-state index is 12.9. The fourth-order valence-electron chi connectivity index (χ4n) is 4.32. The first-order chi connectivity index (χ1) is 17.3. The number of aryl methyl sites for hydroxylation is 1. The van der Waals surface area contributed by atoms with Crippen molar-refractivity contribution in [1.29, 1.82) is 0 Å². The van der Waals surface area contributed by atoms with E-state index in [1.54, 1.807) is 7.05 Å². The van der Waals surface area contributed by atoms with Gasteiger partial charge in [-0.15, -0.1) is 0 Å². The maximum Gasteiger partial charge on any atom is 0.303 e. The summed E-state index contributed by atoms with van der Waals surface area (Å²) in [6.07, 6.45) is 3.71. The number of aliphatic carboxylic acids is 1. The topological polar surface area (TPSA) is 136 Å². The largest absolute Gasteiger partial charge is 0.760 e. The highest BCUT2D eigenvalue weighted by Gasteiger charge is 2.31. The molecule has 0 saturated heterocycles. The third kappa shape index (κ3) is 6.00. The molecule has 0 spiro atoms. The highest BCUT2D eigenvalue weighted by molar-refractivity contribution is 7.76. The number of furan rings is 1. The van der Waals surface area contributed by atoms with Crippen LogP contribution in [0.5, 0.6) is 0 Å². The lowest BCUT2D eigenvalue weighted by molar-refractivity contribution is -0.137. The molecule has 1 aromatic carbocycles. The fraction of sp³-hybridized carbons (Fsp3) is 0.423. The first kappa shape index (κ1) is 26.0. The molecular formula is C26H30N3O6S-. The number of carboxylic acids is 1. The van der Waals surface area contributed by atoms with Gasteiger partial charge in [-0.25, -0.2) is 9.29 Å². The van der Waals surface area contributed by atoms with Gasteiger partial charge in [0.25, 0.3) is 5.91 Å². The minimum absolute atomic E-state index is 0.0694. The summed E-state index contributed by atoms with van der Waals surface area (Å²) in [5, 5.41) is 12.1. The monoisotopic (exact) mass is 512 g/mol. The summed E-state index contributed by atoms with van der Waals surface area (Å²) >= 11 is -2.46. The number of rotatable bonds is 12. The van der Waals surface area contributed by atoms with E-state index in [4.69, 9.17) is 14.5 Å². The van der Waals surface area contributed by atoms with Crippen LogP contribution < -0.4 is 5.32 Å². The first-order valence-corrected chi connectivity index (χ1v) is 13.1. The van der Waals surface area contributed by atoms with E-state index in [9.17, 15) is 18.4 Å². The van der Waals surface area contributed by atoms with Crippen molar-refractivity contribution in [1.82, 2.24) is 14.6 Å². The molecular weight excluding hydrogens is 482 g/mol. The number of carbonyl (C=O) groups is 2. The zero-order chi connectivity index (χ0) is 25.8. The number of aromatic nitrogens is 1. The Morgan fingerprint density at radius 2 is 1.94 bits per heavy atom. The molecule has 10 heteroatoms. The van der Waals surface area contributed by atoms with E-state index in [0.29, 0.717) is 47.4 Å². The smallest absolute Gasteiger partial charge is 0.303 e. The molecule has 36 heavy (non-hydrogen) atoms. The van der Waals surface area contributed by atoms with Crippen LogP contribution in [0.25, 0.3) is 22.4 Å². The summed E-state index contributed by atoms with van der Waals surface area (Å²) in [7, 11) is 1.57. The second-order valence-corrected chi connectivity index (χ2v) is 10.1. The minimum Gasteiger partial charge on any atom is -0.760 e. The number of pyridine rings is 1. The van der Waals surface area contributed by atoms with Crippen molar-refractivity contribution in [2.24, 2.45) is 0 Å². The molecule has 1 saturated carbocycles. The molecule has 1 unspecified atom stereocenters. The molecule has 1 aliphatic rings. The molecule has 0 bridgehead atoms. The van der Waals surface area contributed by atoms with Gasteiger partial charge in [0.05, 0.1) is 23.2 Å². The normalized spacial score (nSPS) is 14.3. The van der Waals surface area contributed by atoms with Crippen LogP contribution in [0.2, 0.25) is 0 Å². The van der Waals surface area contributed by atoms with Crippen LogP contribution in [0.15, 0.2) is 34.7 Å². The number of nitrogens with zero attached hydrogens (tertiary/aromatic N) is 2. The number of fused-ring (bicyclic) bond motifs is 1. The molecule has 2 N–H and O–H groups in total. The lowest BCUT2D eigenvalue weighted by Crippen LogP contribution is -2.27. The Morgan fingerprint density at radius 1 is 1.22 bits per heavy atom. The lowest BCUT2D eigenvalue weighted by Gasteiger charge is -2.24. The van der Waals surface area contributed by atoms with Gasteiger partial charge in [0.15, 0.2) is 0 Å². The number of unbranched alkanes of at least 4 members (excludes halogenated alkanes) is 2. The van der Waals surface area contributed by atoms with Crippen LogP contribution in [0.3, 0.4) is 0 Å². The van der Waals surface area contributed by atoms with Gasteiger partial charge >= 0.3 is 5.97 Å². The number of hydrogen-bond acceptors (Lipinski definition) is 6. The van der Waals surface area contributed by atoms with Gasteiger partial charge in [-0.05, 0) is 50.2 Å². The number of benzene rings is 1. The zero-order valence-electron chi connectivity index (χ0n) is 20.4. The molecule has 1 atom stereocenters. The van der Waals surface area contributed by atoms with Crippen molar-refractivity contribution in [3.63, 3.8) is 0 Å². The summed E-state index contributed by atoms with van der Waals surface area (Å²) < 4.78 is 31.4. The molecule has 2 heterocycles. The Balaban J connectivity index is 1.68. The molecule has 1 fully saturated rings. The Kier molecular flexibility index (Phi) is 8.17. The Bertz CT molecular complexity index is 1280. The second-order valence-electron chi connectivity index (χ2n) is 9.19. The van der Waals surface area contributed by atoms with Crippen LogP contribution >= 0.6 is 0 Å². The van der Waals surface area contributed by atoms with Crippen LogP contribution in [-0.4, -0.2) is 48.6 Å². The first-order valence-electron chi connectivity index (χ1n) is 12.1. The third-order valence-corrected chi connectivity index (χ3v) is 7.15. The SMILES string of the molecule is CNC(=O)c1c(-c2ccc(C)cc2)oc2nc(CN(CCCCCC(=O)O)S(=O)[O-])c(C3CC3)cc12. The van der Waals surface area contributed by atoms with Crippen molar-refractivity contribution in [2.75, 3.05) is 13.6 Å². The zero-order valence-corrected chi connectivity index (χ0v) is 21.2. The minimum atomic E-state index is -2.46. The maximum atomic E-state index is 12.9. The number of carbonyl (C=O) groups excluding carboxylic acids is 1. The van der Waals surface area contributed by atoms with Gasteiger partial charge in [-0.1, -0.05) is 36.2 Å². The summed E-state index contributed by atoms with van der Waals surface area (Å²) in [4.78, 5) is 28.3. The Labute approximate surface area is 212 Å². The van der Waals surface area contributed by atoms with Crippen molar-refractivity contribution in [3.05, 3.63) is 52.7 Å². The second kappa shape index (κ2) is 11.3. The predicted molar refractivity (Wildman–Crippen MR) is 135 cm³/mol. The summed E-state index contributed by atoms with van der Waals surface area (Å²) in [5.74, 6) is -0.433. The predicted octanol–water partition coefficient (Wildman–Crippen LogP) is 4.28. The molecule has 0 radical (unpaired) electrons. The van der Waals surface area contributed by atoms with Gasteiger partial charge < -0.3 is 19.4 Å². The quantitative estimate of drug-likeness (QED) is 0.273. The van der Waals surface area contributed by atoms with E-state index in [1.165, 1.54) is 4.31 Å². The standard InChI is InChI=1S/C26H31N3O6S/c1-16-7-9-18(10-8-16)24-23(25(32)27-2)20-14-19(17-11-12-17)21(28-26(20)35-24)15-29(36(33)34)13-5-3-4-6-22(30)31/h7-10,14,17H,3-6,11-13,15H2,1-2H3,(H,27,32)(H,30,31)(H,33,34)/p-1. The molecule has 4 rings (SSSR count). The molecule has 3 aromatic rings.